The van der Waals surface area contributed by atoms with Crippen molar-refractivity contribution in [2.75, 3.05) is 6.54 Å². The van der Waals surface area contributed by atoms with Crippen molar-refractivity contribution in [3.8, 4) is 0 Å². The fourth-order valence-corrected chi connectivity index (χ4v) is 4.30. The summed E-state index contributed by atoms with van der Waals surface area (Å²) in [6.07, 6.45) is 6.56. The summed E-state index contributed by atoms with van der Waals surface area (Å²) < 4.78 is 0. The molecule has 2 unspecified atom stereocenters. The quantitative estimate of drug-likeness (QED) is 0.885. The Hall–Kier alpha value is -0.410. The topological polar surface area (TPSA) is 24.9 Å². The summed E-state index contributed by atoms with van der Waals surface area (Å²) >= 11 is 1.90. The largest absolute Gasteiger partial charge is 0.306 e. The van der Waals surface area contributed by atoms with Crippen LogP contribution in [-0.4, -0.2) is 11.5 Å². The van der Waals surface area contributed by atoms with E-state index in [1.807, 2.05) is 11.3 Å². The molecular formula is C15H26N2S. The fourth-order valence-electron chi connectivity index (χ4n) is 3.18. The summed E-state index contributed by atoms with van der Waals surface area (Å²) in [6, 6.07) is 0. The molecule has 0 bridgehead atoms. The van der Waals surface area contributed by atoms with Gasteiger partial charge in [0.2, 0.25) is 0 Å². The van der Waals surface area contributed by atoms with E-state index in [1.165, 1.54) is 47.7 Å². The van der Waals surface area contributed by atoms with Gasteiger partial charge in [-0.15, -0.1) is 11.3 Å². The van der Waals surface area contributed by atoms with Crippen LogP contribution in [0.5, 0.6) is 0 Å². The van der Waals surface area contributed by atoms with E-state index in [-0.39, 0.29) is 5.54 Å². The molecule has 2 atom stereocenters. The number of aromatic nitrogens is 1. The molecule has 1 aliphatic carbocycles. The SMILES string of the molecule is CCNC1(c2nc(C)c(C)s2)CCCC(CC)C1. The van der Waals surface area contributed by atoms with Crippen molar-refractivity contribution in [2.24, 2.45) is 5.92 Å². The number of aryl methyl sites for hydroxylation is 2. The first-order valence-electron chi connectivity index (χ1n) is 7.31. The number of hydrogen-bond acceptors (Lipinski definition) is 3. The van der Waals surface area contributed by atoms with Gasteiger partial charge in [-0.3, -0.25) is 0 Å². The second-order valence-electron chi connectivity index (χ2n) is 5.64. The molecule has 3 heteroatoms. The highest BCUT2D eigenvalue weighted by Gasteiger charge is 2.39. The number of rotatable bonds is 4. The predicted molar refractivity (Wildman–Crippen MR) is 79.2 cm³/mol. The van der Waals surface area contributed by atoms with Crippen LogP contribution < -0.4 is 5.32 Å². The molecule has 2 rings (SSSR count). The minimum Gasteiger partial charge on any atom is -0.306 e. The van der Waals surface area contributed by atoms with Crippen LogP contribution in [0.3, 0.4) is 0 Å². The van der Waals surface area contributed by atoms with Gasteiger partial charge in [-0.05, 0) is 39.2 Å². The maximum Gasteiger partial charge on any atom is 0.113 e. The molecule has 1 N–H and O–H groups in total. The zero-order valence-corrected chi connectivity index (χ0v) is 13.0. The van der Waals surface area contributed by atoms with Crippen molar-refractivity contribution in [1.29, 1.82) is 0 Å². The summed E-state index contributed by atoms with van der Waals surface area (Å²) in [5.41, 5.74) is 1.38. The zero-order chi connectivity index (χ0) is 13.2. The molecule has 1 aromatic rings. The lowest BCUT2D eigenvalue weighted by Gasteiger charge is -2.40. The second kappa shape index (κ2) is 5.70. The van der Waals surface area contributed by atoms with E-state index in [2.05, 4.69) is 33.0 Å². The summed E-state index contributed by atoms with van der Waals surface area (Å²) in [6.45, 7) is 9.90. The van der Waals surface area contributed by atoms with E-state index in [0.29, 0.717) is 0 Å². The Kier molecular flexibility index (Phi) is 4.44. The maximum atomic E-state index is 4.85. The van der Waals surface area contributed by atoms with Crippen molar-refractivity contribution < 1.29 is 0 Å². The molecule has 102 valence electrons. The Morgan fingerprint density at radius 3 is 2.72 bits per heavy atom. The third-order valence-electron chi connectivity index (χ3n) is 4.38. The fraction of sp³-hybridized carbons (Fsp3) is 0.800. The molecule has 18 heavy (non-hydrogen) atoms. The average Bonchev–Trinajstić information content (AvgIpc) is 2.71. The van der Waals surface area contributed by atoms with Crippen molar-refractivity contribution in [3.63, 3.8) is 0 Å². The first-order chi connectivity index (χ1) is 8.61. The van der Waals surface area contributed by atoms with Gasteiger partial charge >= 0.3 is 0 Å². The minimum absolute atomic E-state index is 0.164. The van der Waals surface area contributed by atoms with E-state index in [0.717, 1.165) is 12.5 Å². The van der Waals surface area contributed by atoms with Crippen LogP contribution in [-0.2, 0) is 5.54 Å². The third kappa shape index (κ3) is 2.62. The number of nitrogens with one attached hydrogen (secondary N) is 1. The van der Waals surface area contributed by atoms with Crippen LogP contribution in [0.4, 0.5) is 0 Å². The molecule has 0 radical (unpaired) electrons. The van der Waals surface area contributed by atoms with Gasteiger partial charge in [-0.1, -0.05) is 33.1 Å². The third-order valence-corrected chi connectivity index (χ3v) is 5.66. The highest BCUT2D eigenvalue weighted by Crippen LogP contribution is 2.42. The first kappa shape index (κ1) is 14.0. The van der Waals surface area contributed by atoms with Crippen LogP contribution in [0.15, 0.2) is 0 Å². The molecule has 0 saturated heterocycles. The van der Waals surface area contributed by atoms with Gasteiger partial charge in [0.15, 0.2) is 0 Å². The van der Waals surface area contributed by atoms with Gasteiger partial charge in [0.05, 0.1) is 11.2 Å². The van der Waals surface area contributed by atoms with Crippen LogP contribution in [0.25, 0.3) is 0 Å². The predicted octanol–water partition coefficient (Wildman–Crippen LogP) is 4.16. The molecule has 2 nitrogen and oxygen atoms in total. The molecule has 1 aromatic heterocycles. The number of nitrogens with zero attached hydrogens (tertiary/aromatic N) is 1. The number of hydrogen-bond donors (Lipinski definition) is 1. The van der Waals surface area contributed by atoms with Gasteiger partial charge in [0.25, 0.3) is 0 Å². The van der Waals surface area contributed by atoms with Crippen LogP contribution in [0.2, 0.25) is 0 Å². The molecule has 1 saturated carbocycles. The van der Waals surface area contributed by atoms with Gasteiger partial charge in [0, 0.05) is 4.88 Å². The van der Waals surface area contributed by atoms with Crippen molar-refractivity contribution in [3.05, 3.63) is 15.6 Å². The van der Waals surface area contributed by atoms with Crippen LogP contribution >= 0.6 is 11.3 Å². The molecule has 0 aliphatic heterocycles. The lowest BCUT2D eigenvalue weighted by Crippen LogP contribution is -2.46. The number of thiazole rings is 1. The van der Waals surface area contributed by atoms with Crippen molar-refractivity contribution in [2.45, 2.75) is 65.3 Å². The summed E-state index contributed by atoms with van der Waals surface area (Å²) in [5, 5.41) is 5.10. The highest BCUT2D eigenvalue weighted by atomic mass is 32.1. The Labute approximate surface area is 115 Å². The lowest BCUT2D eigenvalue weighted by molar-refractivity contribution is 0.177. The average molecular weight is 266 g/mol. The maximum absolute atomic E-state index is 4.85. The monoisotopic (exact) mass is 266 g/mol. The molecule has 0 aromatic carbocycles. The minimum atomic E-state index is 0.164. The molecule has 0 amide bonds. The molecule has 1 aliphatic rings. The highest BCUT2D eigenvalue weighted by molar-refractivity contribution is 7.11. The molecular weight excluding hydrogens is 240 g/mol. The van der Waals surface area contributed by atoms with E-state index in [1.54, 1.807) is 0 Å². The normalized spacial score (nSPS) is 28.6. The van der Waals surface area contributed by atoms with Crippen LogP contribution in [0.1, 0.15) is 61.5 Å². The Bertz CT molecular complexity index is 376. The van der Waals surface area contributed by atoms with Gasteiger partial charge in [-0.25, -0.2) is 4.98 Å². The van der Waals surface area contributed by atoms with Gasteiger partial charge in [0.1, 0.15) is 5.01 Å². The van der Waals surface area contributed by atoms with Gasteiger partial charge < -0.3 is 5.32 Å². The summed E-state index contributed by atoms with van der Waals surface area (Å²) in [7, 11) is 0. The molecule has 1 heterocycles. The van der Waals surface area contributed by atoms with E-state index in [9.17, 15) is 0 Å². The zero-order valence-electron chi connectivity index (χ0n) is 12.2. The second-order valence-corrected chi connectivity index (χ2v) is 6.85. The van der Waals surface area contributed by atoms with Crippen molar-refractivity contribution in [1.82, 2.24) is 10.3 Å². The lowest BCUT2D eigenvalue weighted by atomic mass is 9.75. The first-order valence-corrected chi connectivity index (χ1v) is 8.12. The molecule has 1 fully saturated rings. The Balaban J connectivity index is 2.30. The Morgan fingerprint density at radius 2 is 2.17 bits per heavy atom. The Morgan fingerprint density at radius 1 is 1.39 bits per heavy atom. The standard InChI is InChI=1S/C15H26N2S/c1-5-13-8-7-9-15(10-13,16-6-2)14-17-11(3)12(4)18-14/h13,16H,5-10H2,1-4H3. The van der Waals surface area contributed by atoms with Crippen LogP contribution in [0, 0.1) is 19.8 Å². The van der Waals surface area contributed by atoms with Crippen molar-refractivity contribution >= 4 is 11.3 Å². The summed E-state index contributed by atoms with van der Waals surface area (Å²) in [5.74, 6) is 0.863. The molecule has 0 spiro atoms. The smallest absolute Gasteiger partial charge is 0.113 e. The van der Waals surface area contributed by atoms with Gasteiger partial charge in [-0.2, -0.15) is 0 Å². The van der Waals surface area contributed by atoms with E-state index < -0.39 is 0 Å². The van der Waals surface area contributed by atoms with E-state index in [4.69, 9.17) is 4.98 Å². The van der Waals surface area contributed by atoms with E-state index >= 15 is 0 Å². The summed E-state index contributed by atoms with van der Waals surface area (Å²) in [4.78, 5) is 6.23.